The molecule has 3 unspecified atom stereocenters. The van der Waals surface area contributed by atoms with Crippen molar-refractivity contribution >= 4 is 29.0 Å². The van der Waals surface area contributed by atoms with Gasteiger partial charge in [0.1, 0.15) is 12.1 Å². The van der Waals surface area contributed by atoms with Crippen molar-refractivity contribution in [1.29, 1.82) is 0 Å². The third-order valence-electron chi connectivity index (χ3n) is 6.27. The summed E-state index contributed by atoms with van der Waals surface area (Å²) in [6, 6.07) is 37.1. The number of aliphatic hydroxyl groups excluding tert-OH is 1. The van der Waals surface area contributed by atoms with E-state index < -0.39 is 17.5 Å². The molecule has 0 amide bonds. The second-order valence-electron chi connectivity index (χ2n) is 8.45. The molecular weight excluding hydrogens is 454 g/mol. The van der Waals surface area contributed by atoms with Gasteiger partial charge in [0.25, 0.3) is 0 Å². The highest BCUT2D eigenvalue weighted by Crippen LogP contribution is 2.50. The second kappa shape index (κ2) is 10.3. The Kier molecular flexibility index (Phi) is 6.80. The minimum atomic E-state index is -1.01. The quantitative estimate of drug-likeness (QED) is 0.260. The number of ketones is 2. The van der Waals surface area contributed by atoms with Crippen LogP contribution in [0, 0.1) is 5.92 Å². The first-order valence-electron chi connectivity index (χ1n) is 11.6. The lowest BCUT2D eigenvalue weighted by Crippen LogP contribution is -2.46. The van der Waals surface area contributed by atoms with Gasteiger partial charge in [0.2, 0.25) is 0 Å². The summed E-state index contributed by atoms with van der Waals surface area (Å²) in [5, 5.41) is 10.6. The zero-order valence-corrected chi connectivity index (χ0v) is 19.8. The molecule has 0 radical (unpaired) electrons. The van der Waals surface area contributed by atoms with Gasteiger partial charge in [-0.15, -0.1) is 11.8 Å². The highest BCUT2D eigenvalue weighted by atomic mass is 32.2. The van der Waals surface area contributed by atoms with E-state index in [2.05, 4.69) is 0 Å². The number of Topliss-reactive ketones (excluding diaryl/α,β-unsaturated/α-hetero) is 2. The van der Waals surface area contributed by atoms with E-state index in [1.54, 1.807) is 48.5 Å². The van der Waals surface area contributed by atoms with Crippen LogP contribution in [0.25, 0.3) is 0 Å². The molecule has 1 N–H and O–H groups in total. The maximum atomic E-state index is 13.9. The SMILES string of the molecule is O=C(c1ccccc1)C(C(=O)c1ccccc1)C1SC(c2ccccc2)C(O)N1c1ccccc1. The second-order valence-corrected chi connectivity index (χ2v) is 9.72. The molecule has 0 aromatic heterocycles. The minimum Gasteiger partial charge on any atom is -0.372 e. The van der Waals surface area contributed by atoms with Crippen molar-refractivity contribution in [3.8, 4) is 0 Å². The molecule has 1 saturated heterocycles. The number of nitrogens with zero attached hydrogens (tertiary/aromatic N) is 1. The number of hydrogen-bond donors (Lipinski definition) is 1. The molecular formula is C30H25NO3S. The molecule has 1 aliphatic heterocycles. The molecule has 4 nitrogen and oxygen atoms in total. The van der Waals surface area contributed by atoms with E-state index in [4.69, 9.17) is 0 Å². The predicted molar refractivity (Wildman–Crippen MR) is 141 cm³/mol. The summed E-state index contributed by atoms with van der Waals surface area (Å²) in [6.45, 7) is 0. The van der Waals surface area contributed by atoms with Crippen molar-refractivity contribution < 1.29 is 14.7 Å². The summed E-state index contributed by atoms with van der Waals surface area (Å²) in [4.78, 5) is 29.7. The lowest BCUT2D eigenvalue weighted by Gasteiger charge is -2.33. The van der Waals surface area contributed by atoms with Crippen LogP contribution in [-0.2, 0) is 0 Å². The Hall–Kier alpha value is -3.67. The Morgan fingerprint density at radius 3 is 1.57 bits per heavy atom. The number of carbonyl (C=O) groups excluding carboxylic acids is 2. The third-order valence-corrected chi connectivity index (χ3v) is 7.85. The van der Waals surface area contributed by atoms with Gasteiger partial charge >= 0.3 is 0 Å². The molecule has 1 heterocycles. The minimum absolute atomic E-state index is 0.251. The van der Waals surface area contributed by atoms with Crippen LogP contribution in [0.2, 0.25) is 0 Å². The van der Waals surface area contributed by atoms with Gasteiger partial charge in [-0.1, -0.05) is 109 Å². The highest BCUT2D eigenvalue weighted by Gasteiger charge is 2.49. The lowest BCUT2D eigenvalue weighted by atomic mass is 9.88. The number of carbonyl (C=O) groups is 2. The van der Waals surface area contributed by atoms with Crippen LogP contribution in [0.5, 0.6) is 0 Å². The molecule has 1 fully saturated rings. The molecule has 0 aliphatic carbocycles. The van der Waals surface area contributed by atoms with Crippen LogP contribution in [0.3, 0.4) is 0 Å². The van der Waals surface area contributed by atoms with Gasteiger partial charge in [0, 0.05) is 16.8 Å². The Morgan fingerprint density at radius 1 is 0.657 bits per heavy atom. The van der Waals surface area contributed by atoms with E-state index in [1.165, 1.54) is 11.8 Å². The summed E-state index contributed by atoms with van der Waals surface area (Å²) >= 11 is 1.46. The van der Waals surface area contributed by atoms with Gasteiger partial charge in [-0.05, 0) is 17.7 Å². The molecule has 3 atom stereocenters. The van der Waals surface area contributed by atoms with Crippen molar-refractivity contribution in [2.24, 2.45) is 5.92 Å². The van der Waals surface area contributed by atoms with Crippen LogP contribution >= 0.6 is 11.8 Å². The summed E-state index contributed by atoms with van der Waals surface area (Å²) in [5.41, 5.74) is 2.68. The number of thioether (sulfide) groups is 1. The zero-order chi connectivity index (χ0) is 24.2. The lowest BCUT2D eigenvalue weighted by molar-refractivity contribution is 0.0794. The fourth-order valence-corrected chi connectivity index (χ4v) is 6.23. The van der Waals surface area contributed by atoms with E-state index in [0.29, 0.717) is 11.1 Å². The molecule has 1 aliphatic rings. The topological polar surface area (TPSA) is 57.6 Å². The normalized spacial score (nSPS) is 19.6. The molecule has 5 rings (SSSR count). The number of para-hydroxylation sites is 1. The van der Waals surface area contributed by atoms with E-state index in [1.807, 2.05) is 77.7 Å². The number of rotatable bonds is 7. The number of anilines is 1. The first kappa shape index (κ1) is 23.1. The zero-order valence-electron chi connectivity index (χ0n) is 19.0. The molecule has 4 aromatic rings. The monoisotopic (exact) mass is 479 g/mol. The van der Waals surface area contributed by atoms with Crippen LogP contribution in [-0.4, -0.2) is 28.3 Å². The average molecular weight is 480 g/mol. The van der Waals surface area contributed by atoms with E-state index in [9.17, 15) is 14.7 Å². The summed E-state index contributed by atoms with van der Waals surface area (Å²) in [6.07, 6.45) is -0.913. The van der Waals surface area contributed by atoms with Crippen LogP contribution in [0.4, 0.5) is 5.69 Å². The van der Waals surface area contributed by atoms with Crippen molar-refractivity contribution in [1.82, 2.24) is 0 Å². The first-order chi connectivity index (χ1) is 17.1. The molecule has 4 aromatic carbocycles. The molecule has 0 saturated carbocycles. The van der Waals surface area contributed by atoms with Gasteiger partial charge in [-0.25, -0.2) is 0 Å². The number of aliphatic hydroxyl groups is 1. The number of benzene rings is 4. The maximum Gasteiger partial charge on any atom is 0.176 e. The molecule has 0 bridgehead atoms. The fraction of sp³-hybridized carbons (Fsp3) is 0.133. The molecule has 174 valence electrons. The molecule has 0 spiro atoms. The van der Waals surface area contributed by atoms with Crippen LogP contribution in [0.15, 0.2) is 121 Å². The summed E-state index contributed by atoms with van der Waals surface area (Å²) in [5.74, 6) is -1.51. The van der Waals surface area contributed by atoms with Crippen molar-refractivity contribution in [3.63, 3.8) is 0 Å². The largest absolute Gasteiger partial charge is 0.372 e. The fourth-order valence-electron chi connectivity index (χ4n) is 4.56. The van der Waals surface area contributed by atoms with Gasteiger partial charge in [0.05, 0.1) is 10.6 Å². The predicted octanol–water partition coefficient (Wildman–Crippen LogP) is 6.01. The smallest absolute Gasteiger partial charge is 0.176 e. The van der Waals surface area contributed by atoms with Gasteiger partial charge < -0.3 is 10.0 Å². The average Bonchev–Trinajstić information content (AvgIpc) is 3.27. The van der Waals surface area contributed by atoms with Crippen molar-refractivity contribution in [2.75, 3.05) is 4.90 Å². The van der Waals surface area contributed by atoms with E-state index >= 15 is 0 Å². The Morgan fingerprint density at radius 2 is 1.09 bits per heavy atom. The third kappa shape index (κ3) is 4.65. The highest BCUT2D eigenvalue weighted by molar-refractivity contribution is 8.00. The van der Waals surface area contributed by atoms with Gasteiger partial charge in [-0.3, -0.25) is 9.59 Å². The van der Waals surface area contributed by atoms with Gasteiger partial charge in [-0.2, -0.15) is 0 Å². The van der Waals surface area contributed by atoms with Crippen LogP contribution in [0.1, 0.15) is 31.5 Å². The Bertz CT molecular complexity index is 1230. The molecule has 5 heteroatoms. The van der Waals surface area contributed by atoms with Crippen molar-refractivity contribution in [3.05, 3.63) is 138 Å². The Balaban J connectivity index is 1.63. The van der Waals surface area contributed by atoms with Crippen LogP contribution < -0.4 is 4.90 Å². The maximum absolute atomic E-state index is 13.9. The molecule has 35 heavy (non-hydrogen) atoms. The van der Waals surface area contributed by atoms with E-state index in [-0.39, 0.29) is 16.8 Å². The standard InChI is InChI=1S/C30H25NO3S/c32-26(21-13-5-1-6-14-21)25(27(33)22-15-7-2-8-16-22)30-31(24-19-11-4-12-20-24)29(34)28(35-30)23-17-9-3-10-18-23/h1-20,25,28-30,34H. The number of hydrogen-bond acceptors (Lipinski definition) is 5. The summed E-state index contributed by atoms with van der Waals surface area (Å²) < 4.78 is 0. The summed E-state index contributed by atoms with van der Waals surface area (Å²) in [7, 11) is 0. The van der Waals surface area contributed by atoms with Crippen molar-refractivity contribution in [2.45, 2.75) is 16.9 Å². The van der Waals surface area contributed by atoms with Gasteiger partial charge in [0.15, 0.2) is 11.6 Å². The first-order valence-corrected chi connectivity index (χ1v) is 12.5. The van der Waals surface area contributed by atoms with E-state index in [0.717, 1.165) is 11.3 Å². The Labute approximate surface area is 209 Å².